The predicted molar refractivity (Wildman–Crippen MR) is 66.0 cm³/mol. The third kappa shape index (κ3) is 4.67. The van der Waals surface area contributed by atoms with Gasteiger partial charge in [-0.2, -0.15) is 11.8 Å². The first-order valence-electron chi connectivity index (χ1n) is 5.58. The average molecular weight is 219 g/mol. The lowest BCUT2D eigenvalue weighted by Gasteiger charge is -2.32. The summed E-state index contributed by atoms with van der Waals surface area (Å²) in [6.07, 6.45) is 4.46. The Bertz CT molecular complexity index is 122. The van der Waals surface area contributed by atoms with E-state index in [-0.39, 0.29) is 6.61 Å². The lowest BCUT2D eigenvalue weighted by Crippen LogP contribution is -2.42. The highest BCUT2D eigenvalue weighted by Crippen LogP contribution is 2.16. The molecule has 0 aromatic heterocycles. The molecule has 0 spiro atoms. The van der Waals surface area contributed by atoms with E-state index in [0.29, 0.717) is 11.3 Å². The quantitative estimate of drug-likeness (QED) is 0.677. The van der Waals surface area contributed by atoms with Crippen molar-refractivity contribution in [3.05, 3.63) is 0 Å². The van der Waals surface area contributed by atoms with Crippen molar-refractivity contribution >= 4 is 11.8 Å². The second-order valence-electron chi connectivity index (χ2n) is 3.73. The molecule has 0 aliphatic rings. The van der Waals surface area contributed by atoms with Crippen molar-refractivity contribution in [1.82, 2.24) is 4.90 Å². The van der Waals surface area contributed by atoms with E-state index in [9.17, 15) is 5.11 Å². The van der Waals surface area contributed by atoms with Crippen molar-refractivity contribution in [2.75, 3.05) is 26.0 Å². The Morgan fingerprint density at radius 3 is 2.00 bits per heavy atom. The van der Waals surface area contributed by atoms with Gasteiger partial charge < -0.3 is 5.11 Å². The second-order valence-corrected chi connectivity index (χ2v) is 4.81. The molecule has 0 amide bonds. The van der Waals surface area contributed by atoms with Gasteiger partial charge in [-0.25, -0.2) is 0 Å². The average Bonchev–Trinajstić information content (AvgIpc) is 2.19. The highest BCUT2D eigenvalue weighted by Gasteiger charge is 2.20. The smallest absolute Gasteiger partial charge is 0.0565 e. The first-order chi connectivity index (χ1) is 6.71. The van der Waals surface area contributed by atoms with Crippen LogP contribution in [0.3, 0.4) is 0 Å². The Balaban J connectivity index is 4.16. The summed E-state index contributed by atoms with van der Waals surface area (Å²) in [7, 11) is 0. The van der Waals surface area contributed by atoms with Gasteiger partial charge in [-0.1, -0.05) is 13.8 Å². The number of aliphatic hydroxyl groups is 1. The van der Waals surface area contributed by atoms with Crippen LogP contribution in [0.1, 0.15) is 33.6 Å². The van der Waals surface area contributed by atoms with E-state index < -0.39 is 0 Å². The Hall–Kier alpha value is 0.270. The molecule has 0 aliphatic carbocycles. The summed E-state index contributed by atoms with van der Waals surface area (Å²) in [6, 6.07) is 0.481. The summed E-state index contributed by atoms with van der Waals surface area (Å²) >= 11 is 1.77. The summed E-state index contributed by atoms with van der Waals surface area (Å²) in [4.78, 5) is 2.48. The van der Waals surface area contributed by atoms with Crippen LogP contribution in [0.15, 0.2) is 0 Å². The van der Waals surface area contributed by atoms with Crippen LogP contribution >= 0.6 is 11.8 Å². The second kappa shape index (κ2) is 8.57. The highest BCUT2D eigenvalue weighted by molar-refractivity contribution is 7.99. The van der Waals surface area contributed by atoms with Gasteiger partial charge in [0.25, 0.3) is 0 Å². The van der Waals surface area contributed by atoms with Crippen LogP contribution in [0.4, 0.5) is 0 Å². The molecular formula is C11H25NOS. The largest absolute Gasteiger partial charge is 0.395 e. The lowest BCUT2D eigenvalue weighted by atomic mass is 10.2. The highest BCUT2D eigenvalue weighted by atomic mass is 32.2. The summed E-state index contributed by atoms with van der Waals surface area (Å²) in [5.41, 5.74) is 0. The van der Waals surface area contributed by atoms with E-state index in [0.717, 1.165) is 13.1 Å². The van der Waals surface area contributed by atoms with Gasteiger partial charge in [0, 0.05) is 11.3 Å². The zero-order valence-electron chi connectivity index (χ0n) is 9.99. The zero-order valence-corrected chi connectivity index (χ0v) is 10.8. The molecule has 0 aliphatic heterocycles. The molecule has 0 saturated carbocycles. The third-order valence-corrected chi connectivity index (χ3v) is 3.77. The molecule has 0 saturated heterocycles. The summed E-state index contributed by atoms with van der Waals surface area (Å²) in [5, 5.41) is 9.59. The third-order valence-electron chi connectivity index (χ3n) is 2.62. The van der Waals surface area contributed by atoms with E-state index in [2.05, 4.69) is 31.9 Å². The van der Waals surface area contributed by atoms with Gasteiger partial charge in [-0.3, -0.25) is 4.90 Å². The molecule has 0 rings (SSSR count). The summed E-state index contributed by atoms with van der Waals surface area (Å²) < 4.78 is 0. The van der Waals surface area contributed by atoms with E-state index in [1.807, 2.05) is 0 Å². The fourth-order valence-corrected chi connectivity index (χ4v) is 2.47. The molecule has 14 heavy (non-hydrogen) atoms. The van der Waals surface area contributed by atoms with Crippen molar-refractivity contribution in [2.24, 2.45) is 0 Å². The van der Waals surface area contributed by atoms with Crippen molar-refractivity contribution < 1.29 is 5.11 Å². The molecule has 0 aromatic carbocycles. The van der Waals surface area contributed by atoms with E-state index in [1.165, 1.54) is 12.8 Å². The molecule has 0 bridgehead atoms. The van der Waals surface area contributed by atoms with Crippen molar-refractivity contribution in [1.29, 1.82) is 0 Å². The number of hydrogen-bond donors (Lipinski definition) is 1. The number of hydrogen-bond acceptors (Lipinski definition) is 3. The molecule has 2 atom stereocenters. The van der Waals surface area contributed by atoms with Gasteiger partial charge >= 0.3 is 0 Å². The number of rotatable bonds is 8. The van der Waals surface area contributed by atoms with Crippen LogP contribution in [0, 0.1) is 0 Å². The van der Waals surface area contributed by atoms with Gasteiger partial charge in [0.05, 0.1) is 6.61 Å². The van der Waals surface area contributed by atoms with E-state index >= 15 is 0 Å². The van der Waals surface area contributed by atoms with E-state index in [1.54, 1.807) is 11.8 Å². The van der Waals surface area contributed by atoms with Gasteiger partial charge in [-0.15, -0.1) is 0 Å². The monoisotopic (exact) mass is 219 g/mol. The Morgan fingerprint density at radius 2 is 1.71 bits per heavy atom. The van der Waals surface area contributed by atoms with Gasteiger partial charge in [-0.05, 0) is 39.1 Å². The maximum Gasteiger partial charge on any atom is 0.0565 e. The topological polar surface area (TPSA) is 23.5 Å². The fourth-order valence-electron chi connectivity index (χ4n) is 1.75. The number of aliphatic hydroxyl groups excluding tert-OH is 1. The minimum absolute atomic E-state index is 0.284. The molecule has 2 nitrogen and oxygen atoms in total. The minimum Gasteiger partial charge on any atom is -0.395 e. The molecule has 3 heteroatoms. The first kappa shape index (κ1) is 14.3. The van der Waals surface area contributed by atoms with E-state index in [4.69, 9.17) is 0 Å². The fraction of sp³-hybridized carbons (Fsp3) is 1.00. The normalized spacial score (nSPS) is 15.9. The molecule has 2 unspecified atom stereocenters. The van der Waals surface area contributed by atoms with Crippen LogP contribution in [-0.4, -0.2) is 47.3 Å². The SMILES string of the molecule is CCCN(CCC)C(C)C(CO)SC. The molecule has 0 heterocycles. The molecular weight excluding hydrogens is 194 g/mol. The maximum atomic E-state index is 9.23. The van der Waals surface area contributed by atoms with Crippen LogP contribution in [0.5, 0.6) is 0 Å². The molecule has 0 aromatic rings. The Morgan fingerprint density at radius 1 is 1.21 bits per heavy atom. The van der Waals surface area contributed by atoms with Crippen molar-refractivity contribution in [3.63, 3.8) is 0 Å². The minimum atomic E-state index is 0.284. The maximum absolute atomic E-state index is 9.23. The lowest BCUT2D eigenvalue weighted by molar-refractivity contribution is 0.174. The van der Waals surface area contributed by atoms with Crippen LogP contribution in [0.2, 0.25) is 0 Å². The number of nitrogens with zero attached hydrogens (tertiary/aromatic N) is 1. The van der Waals surface area contributed by atoms with Gasteiger partial charge in [0.2, 0.25) is 0 Å². The van der Waals surface area contributed by atoms with Gasteiger partial charge in [0.15, 0.2) is 0 Å². The van der Waals surface area contributed by atoms with Crippen LogP contribution < -0.4 is 0 Å². The molecule has 86 valence electrons. The standard InChI is InChI=1S/C11H25NOS/c1-5-7-12(8-6-2)10(3)11(9-13)14-4/h10-11,13H,5-9H2,1-4H3. The Kier molecular flexibility index (Phi) is 8.73. The van der Waals surface area contributed by atoms with Gasteiger partial charge in [0.1, 0.15) is 0 Å². The van der Waals surface area contributed by atoms with Crippen LogP contribution in [0.25, 0.3) is 0 Å². The molecule has 0 fully saturated rings. The van der Waals surface area contributed by atoms with Crippen LogP contribution in [-0.2, 0) is 0 Å². The van der Waals surface area contributed by atoms with Crippen molar-refractivity contribution in [2.45, 2.75) is 44.9 Å². The Labute approximate surface area is 93.1 Å². The molecule has 1 N–H and O–H groups in total. The van der Waals surface area contributed by atoms with Crippen molar-refractivity contribution in [3.8, 4) is 0 Å². The first-order valence-corrected chi connectivity index (χ1v) is 6.87. The molecule has 0 radical (unpaired) electrons. The summed E-state index contributed by atoms with van der Waals surface area (Å²) in [6.45, 7) is 9.22. The summed E-state index contributed by atoms with van der Waals surface area (Å²) in [5.74, 6) is 0. The zero-order chi connectivity index (χ0) is 11.0. The predicted octanol–water partition coefficient (Wildman–Crippen LogP) is 2.22. The number of thioether (sulfide) groups is 1.